The van der Waals surface area contributed by atoms with Crippen LogP contribution in [0.5, 0.6) is 0 Å². The zero-order valence-electron chi connectivity index (χ0n) is 12.0. The van der Waals surface area contributed by atoms with Gasteiger partial charge in [-0.3, -0.25) is 4.79 Å². The number of aromatic amines is 1. The molecule has 5 nitrogen and oxygen atoms in total. The molecular weight excluding hydrogens is 256 g/mol. The molecule has 1 atom stereocenters. The fourth-order valence-corrected chi connectivity index (χ4v) is 2.14. The van der Waals surface area contributed by atoms with Gasteiger partial charge < -0.3 is 20.1 Å². The molecule has 1 aromatic carbocycles. The van der Waals surface area contributed by atoms with Crippen molar-refractivity contribution in [3.63, 3.8) is 0 Å². The number of hydrogen-bond donors (Lipinski definition) is 3. The average Bonchev–Trinajstić information content (AvgIpc) is 2.85. The Kier molecular flexibility index (Phi) is 4.42. The molecule has 0 saturated carbocycles. The first-order chi connectivity index (χ1) is 9.52. The van der Waals surface area contributed by atoms with E-state index >= 15 is 0 Å². The first-order valence-corrected chi connectivity index (χ1v) is 6.57. The van der Waals surface area contributed by atoms with Crippen molar-refractivity contribution in [2.75, 3.05) is 20.3 Å². The second-order valence-corrected chi connectivity index (χ2v) is 4.97. The Morgan fingerprint density at radius 2 is 2.20 bits per heavy atom. The van der Waals surface area contributed by atoms with Crippen molar-refractivity contribution >= 4 is 16.8 Å². The summed E-state index contributed by atoms with van der Waals surface area (Å²) < 4.78 is 4.81. The molecule has 1 aromatic heterocycles. The minimum absolute atomic E-state index is 0.167. The summed E-state index contributed by atoms with van der Waals surface area (Å²) >= 11 is 0. The number of fused-ring (bicyclic) bond motifs is 1. The van der Waals surface area contributed by atoms with Gasteiger partial charge in [0.2, 0.25) is 0 Å². The molecule has 0 aliphatic carbocycles. The fourth-order valence-electron chi connectivity index (χ4n) is 2.14. The molecular formula is C15H20N2O3. The number of methoxy groups -OCH3 is 1. The SMILES string of the molecule is COC[C@H](O)CNC(=O)c1cc2c(C)c(C)ccc2[nH]1. The van der Waals surface area contributed by atoms with E-state index < -0.39 is 6.10 Å². The Bertz CT molecular complexity index is 619. The van der Waals surface area contributed by atoms with Crippen LogP contribution in [0, 0.1) is 13.8 Å². The number of rotatable bonds is 5. The highest BCUT2D eigenvalue weighted by atomic mass is 16.5. The van der Waals surface area contributed by atoms with E-state index in [-0.39, 0.29) is 19.1 Å². The van der Waals surface area contributed by atoms with Gasteiger partial charge in [-0.1, -0.05) is 6.07 Å². The Hall–Kier alpha value is -1.85. The number of H-pyrrole nitrogens is 1. The largest absolute Gasteiger partial charge is 0.389 e. The first kappa shape index (κ1) is 14.6. The number of aliphatic hydroxyl groups excluding tert-OH is 1. The molecule has 2 aromatic rings. The molecule has 0 aliphatic heterocycles. The standard InChI is InChI=1S/C15H20N2O3/c1-9-4-5-13-12(10(9)2)6-14(17-13)15(19)16-7-11(18)8-20-3/h4-6,11,17-18H,7-8H2,1-3H3,(H,16,19)/t11-/m1/s1. The molecule has 3 N–H and O–H groups in total. The molecule has 0 saturated heterocycles. The Morgan fingerprint density at radius 3 is 2.90 bits per heavy atom. The van der Waals surface area contributed by atoms with Crippen LogP contribution in [0.4, 0.5) is 0 Å². The van der Waals surface area contributed by atoms with Gasteiger partial charge in [0.25, 0.3) is 5.91 Å². The van der Waals surface area contributed by atoms with Crippen LogP contribution in [0.25, 0.3) is 10.9 Å². The van der Waals surface area contributed by atoms with Crippen LogP contribution >= 0.6 is 0 Å². The van der Waals surface area contributed by atoms with Crippen LogP contribution in [0.1, 0.15) is 21.6 Å². The second-order valence-electron chi connectivity index (χ2n) is 4.97. The summed E-state index contributed by atoms with van der Waals surface area (Å²) in [5.41, 5.74) is 3.80. The summed E-state index contributed by atoms with van der Waals surface area (Å²) in [5, 5.41) is 13.2. The Morgan fingerprint density at radius 1 is 1.45 bits per heavy atom. The first-order valence-electron chi connectivity index (χ1n) is 6.57. The quantitative estimate of drug-likeness (QED) is 0.775. The number of nitrogens with one attached hydrogen (secondary N) is 2. The van der Waals surface area contributed by atoms with E-state index in [9.17, 15) is 9.90 Å². The average molecular weight is 276 g/mol. The molecule has 2 rings (SSSR count). The lowest BCUT2D eigenvalue weighted by molar-refractivity contribution is 0.0609. The van der Waals surface area contributed by atoms with E-state index in [2.05, 4.69) is 10.3 Å². The maximum Gasteiger partial charge on any atom is 0.267 e. The Balaban J connectivity index is 2.13. The smallest absolute Gasteiger partial charge is 0.267 e. The minimum Gasteiger partial charge on any atom is -0.389 e. The lowest BCUT2D eigenvalue weighted by Gasteiger charge is -2.09. The van der Waals surface area contributed by atoms with Crippen LogP contribution < -0.4 is 5.32 Å². The normalized spacial score (nSPS) is 12.6. The highest BCUT2D eigenvalue weighted by Gasteiger charge is 2.12. The van der Waals surface area contributed by atoms with Crippen molar-refractivity contribution in [2.45, 2.75) is 20.0 Å². The van der Waals surface area contributed by atoms with Gasteiger partial charge in [-0.15, -0.1) is 0 Å². The molecule has 1 amide bonds. The van der Waals surface area contributed by atoms with E-state index in [1.807, 2.05) is 32.0 Å². The summed E-state index contributed by atoms with van der Waals surface area (Å²) in [4.78, 5) is 15.1. The number of hydrogen-bond acceptors (Lipinski definition) is 3. The van der Waals surface area contributed by atoms with Crippen LogP contribution in [0.2, 0.25) is 0 Å². The van der Waals surface area contributed by atoms with Gasteiger partial charge in [-0.05, 0) is 37.1 Å². The number of benzene rings is 1. The zero-order valence-corrected chi connectivity index (χ0v) is 12.0. The highest BCUT2D eigenvalue weighted by Crippen LogP contribution is 2.22. The van der Waals surface area contributed by atoms with E-state index in [1.54, 1.807) is 0 Å². The molecule has 0 bridgehead atoms. The topological polar surface area (TPSA) is 74.3 Å². The molecule has 20 heavy (non-hydrogen) atoms. The number of amides is 1. The molecule has 1 heterocycles. The number of aryl methyl sites for hydroxylation is 2. The van der Waals surface area contributed by atoms with Gasteiger partial charge in [-0.25, -0.2) is 0 Å². The van der Waals surface area contributed by atoms with Crippen molar-refractivity contribution < 1.29 is 14.6 Å². The number of aromatic nitrogens is 1. The van der Waals surface area contributed by atoms with Gasteiger partial charge >= 0.3 is 0 Å². The van der Waals surface area contributed by atoms with Gasteiger partial charge in [-0.2, -0.15) is 0 Å². The van der Waals surface area contributed by atoms with E-state index in [4.69, 9.17) is 4.74 Å². The maximum absolute atomic E-state index is 12.0. The highest BCUT2D eigenvalue weighted by molar-refractivity contribution is 5.99. The molecule has 5 heteroatoms. The van der Waals surface area contributed by atoms with Crippen LogP contribution in [-0.2, 0) is 4.74 Å². The summed E-state index contributed by atoms with van der Waals surface area (Å²) in [6, 6.07) is 5.84. The lowest BCUT2D eigenvalue weighted by atomic mass is 10.1. The molecule has 0 aliphatic rings. The van der Waals surface area contributed by atoms with Crippen molar-refractivity contribution in [3.8, 4) is 0 Å². The van der Waals surface area contributed by atoms with Crippen molar-refractivity contribution in [1.82, 2.24) is 10.3 Å². The third-order valence-corrected chi connectivity index (χ3v) is 3.45. The van der Waals surface area contributed by atoms with Crippen LogP contribution in [0.3, 0.4) is 0 Å². The van der Waals surface area contributed by atoms with Crippen molar-refractivity contribution in [3.05, 3.63) is 35.0 Å². The van der Waals surface area contributed by atoms with Gasteiger partial charge in [0.15, 0.2) is 0 Å². The van der Waals surface area contributed by atoms with E-state index in [0.717, 1.165) is 16.5 Å². The molecule has 0 radical (unpaired) electrons. The maximum atomic E-state index is 12.0. The summed E-state index contributed by atoms with van der Waals surface area (Å²) in [6.45, 7) is 4.45. The number of ether oxygens (including phenoxy) is 1. The molecule has 0 unspecified atom stereocenters. The van der Waals surface area contributed by atoms with Crippen LogP contribution in [0.15, 0.2) is 18.2 Å². The van der Waals surface area contributed by atoms with Crippen LogP contribution in [-0.4, -0.2) is 42.4 Å². The lowest BCUT2D eigenvalue weighted by Crippen LogP contribution is -2.34. The predicted molar refractivity (Wildman–Crippen MR) is 78.0 cm³/mol. The van der Waals surface area contributed by atoms with E-state index in [1.165, 1.54) is 12.7 Å². The third-order valence-electron chi connectivity index (χ3n) is 3.45. The van der Waals surface area contributed by atoms with Gasteiger partial charge in [0.1, 0.15) is 5.69 Å². The third kappa shape index (κ3) is 3.00. The van der Waals surface area contributed by atoms with Gasteiger partial charge in [0.05, 0.1) is 12.7 Å². The number of carbonyl (C=O) groups is 1. The molecule has 108 valence electrons. The van der Waals surface area contributed by atoms with Crippen molar-refractivity contribution in [2.24, 2.45) is 0 Å². The summed E-state index contributed by atoms with van der Waals surface area (Å²) in [7, 11) is 1.51. The second kappa shape index (κ2) is 6.07. The summed E-state index contributed by atoms with van der Waals surface area (Å²) in [5.74, 6) is -0.228. The van der Waals surface area contributed by atoms with E-state index in [0.29, 0.717) is 5.69 Å². The summed E-state index contributed by atoms with van der Waals surface area (Å²) in [6.07, 6.45) is -0.697. The number of carbonyl (C=O) groups excluding carboxylic acids is 1. The minimum atomic E-state index is -0.697. The monoisotopic (exact) mass is 276 g/mol. The molecule has 0 fully saturated rings. The van der Waals surface area contributed by atoms with Gasteiger partial charge in [0, 0.05) is 24.6 Å². The Labute approximate surface area is 117 Å². The zero-order chi connectivity index (χ0) is 14.7. The van der Waals surface area contributed by atoms with Crippen molar-refractivity contribution in [1.29, 1.82) is 0 Å². The molecule has 0 spiro atoms. The number of aliphatic hydroxyl groups is 1. The fraction of sp³-hybridized carbons (Fsp3) is 0.400. The predicted octanol–water partition coefficient (Wildman–Crippen LogP) is 1.52.